The first-order valence-corrected chi connectivity index (χ1v) is 8.10. The molecule has 2 heterocycles. The van der Waals surface area contributed by atoms with Gasteiger partial charge in [-0.2, -0.15) is 0 Å². The average molecular weight is 319 g/mol. The van der Waals surface area contributed by atoms with Crippen LogP contribution in [0.3, 0.4) is 0 Å². The number of nitrogens with zero attached hydrogens (tertiary/aromatic N) is 2. The predicted octanol–water partition coefficient (Wildman–Crippen LogP) is 1.66. The van der Waals surface area contributed by atoms with Crippen LogP contribution in [0.4, 0.5) is 0 Å². The highest BCUT2D eigenvalue weighted by Crippen LogP contribution is 2.32. The van der Waals surface area contributed by atoms with E-state index in [1.54, 1.807) is 0 Å². The molecule has 0 bridgehead atoms. The van der Waals surface area contributed by atoms with Crippen LogP contribution in [0, 0.1) is 0 Å². The Bertz CT molecular complexity index is 650. The van der Waals surface area contributed by atoms with E-state index >= 15 is 0 Å². The Hall–Kier alpha value is -1.78. The summed E-state index contributed by atoms with van der Waals surface area (Å²) in [5.74, 6) is 0.189. The lowest BCUT2D eigenvalue weighted by Crippen LogP contribution is -2.86. The second-order valence-electron chi connectivity index (χ2n) is 5.57. The van der Waals surface area contributed by atoms with E-state index in [4.69, 9.17) is 11.6 Å². The van der Waals surface area contributed by atoms with Gasteiger partial charge in [-0.1, -0.05) is 23.7 Å². The van der Waals surface area contributed by atoms with Crippen LogP contribution in [0.25, 0.3) is 0 Å². The molecule has 0 aliphatic carbocycles. The van der Waals surface area contributed by atoms with Crippen molar-refractivity contribution in [1.82, 2.24) is 9.47 Å². The zero-order valence-corrected chi connectivity index (χ0v) is 13.5. The van der Waals surface area contributed by atoms with Gasteiger partial charge >= 0.3 is 0 Å². The molecule has 1 aromatic heterocycles. The molecule has 1 aliphatic rings. The summed E-state index contributed by atoms with van der Waals surface area (Å²) in [6.07, 6.45) is 2.08. The second-order valence-corrected chi connectivity index (χ2v) is 6.01. The number of aromatic nitrogens is 1. The molecule has 3 rings (SSSR count). The fourth-order valence-electron chi connectivity index (χ4n) is 3.03. The minimum absolute atomic E-state index is 0.0289. The van der Waals surface area contributed by atoms with E-state index < -0.39 is 0 Å². The molecule has 0 fully saturated rings. The van der Waals surface area contributed by atoms with Crippen molar-refractivity contribution < 1.29 is 10.1 Å². The highest BCUT2D eigenvalue weighted by Gasteiger charge is 2.32. The third-order valence-corrected chi connectivity index (χ3v) is 4.40. The van der Waals surface area contributed by atoms with Gasteiger partial charge in [-0.05, 0) is 36.8 Å². The first-order valence-electron chi connectivity index (χ1n) is 7.72. The van der Waals surface area contributed by atoms with Crippen LogP contribution in [0.2, 0.25) is 5.02 Å². The summed E-state index contributed by atoms with van der Waals surface area (Å²) >= 11 is 6.01. The van der Waals surface area contributed by atoms with E-state index in [0.29, 0.717) is 11.6 Å². The molecule has 5 heteroatoms. The van der Waals surface area contributed by atoms with Crippen molar-refractivity contribution in [3.63, 3.8) is 0 Å². The highest BCUT2D eigenvalue weighted by molar-refractivity contribution is 6.30. The number of rotatable bonds is 4. The van der Waals surface area contributed by atoms with Gasteiger partial charge in [0.05, 0.1) is 12.6 Å². The Morgan fingerprint density at radius 3 is 2.77 bits per heavy atom. The highest BCUT2D eigenvalue weighted by atomic mass is 35.5. The van der Waals surface area contributed by atoms with E-state index in [1.165, 1.54) is 5.69 Å². The number of nitrogens with two attached hydrogens (primary N) is 1. The number of benzene rings is 1. The van der Waals surface area contributed by atoms with Gasteiger partial charge in [0.1, 0.15) is 0 Å². The summed E-state index contributed by atoms with van der Waals surface area (Å²) in [5, 5.41) is 2.75. The van der Waals surface area contributed by atoms with Crippen LogP contribution in [0.15, 0.2) is 42.6 Å². The number of hydrogen-bond acceptors (Lipinski definition) is 1. The first-order chi connectivity index (χ1) is 10.7. The lowest BCUT2D eigenvalue weighted by Gasteiger charge is -2.37. The van der Waals surface area contributed by atoms with Crippen LogP contribution in [-0.4, -0.2) is 35.0 Å². The summed E-state index contributed by atoms with van der Waals surface area (Å²) in [4.78, 5) is 14.6. The Labute approximate surface area is 135 Å². The minimum atomic E-state index is -0.0289. The maximum Gasteiger partial charge on any atom is 0.278 e. The quantitative estimate of drug-likeness (QED) is 0.915. The van der Waals surface area contributed by atoms with E-state index in [0.717, 1.165) is 25.2 Å². The zero-order chi connectivity index (χ0) is 15.5. The summed E-state index contributed by atoms with van der Waals surface area (Å²) in [5.41, 5.74) is 2.27. The molecular weight excluding hydrogens is 298 g/mol. The lowest BCUT2D eigenvalue weighted by atomic mass is 10.00. The van der Waals surface area contributed by atoms with Crippen molar-refractivity contribution in [1.29, 1.82) is 0 Å². The second kappa shape index (κ2) is 6.55. The topological polar surface area (TPSA) is 41.9 Å². The van der Waals surface area contributed by atoms with Gasteiger partial charge in [0.15, 0.2) is 6.54 Å². The van der Waals surface area contributed by atoms with Crippen LogP contribution in [0.1, 0.15) is 24.2 Å². The molecule has 2 aromatic rings. The number of fused-ring (bicyclic) bond motifs is 1. The number of quaternary nitrogens is 1. The van der Waals surface area contributed by atoms with Gasteiger partial charge < -0.3 is 14.8 Å². The van der Waals surface area contributed by atoms with Crippen molar-refractivity contribution >= 4 is 17.5 Å². The number of amides is 1. The lowest BCUT2D eigenvalue weighted by molar-refractivity contribution is -0.641. The minimum Gasteiger partial charge on any atom is -0.348 e. The van der Waals surface area contributed by atoms with Gasteiger partial charge in [0.2, 0.25) is 0 Å². The maximum absolute atomic E-state index is 12.6. The van der Waals surface area contributed by atoms with Gasteiger partial charge in [0.25, 0.3) is 5.91 Å². The van der Waals surface area contributed by atoms with Crippen molar-refractivity contribution in [2.75, 3.05) is 19.6 Å². The average Bonchev–Trinajstić information content (AvgIpc) is 3.01. The van der Waals surface area contributed by atoms with E-state index in [9.17, 15) is 4.79 Å². The largest absolute Gasteiger partial charge is 0.348 e. The first kappa shape index (κ1) is 15.1. The van der Waals surface area contributed by atoms with Gasteiger partial charge in [-0.25, -0.2) is 0 Å². The summed E-state index contributed by atoms with van der Waals surface area (Å²) < 4.78 is 2.23. The smallest absolute Gasteiger partial charge is 0.278 e. The fourth-order valence-corrected chi connectivity index (χ4v) is 3.16. The molecule has 1 aromatic carbocycles. The molecule has 0 saturated carbocycles. The monoisotopic (exact) mass is 318 g/mol. The van der Waals surface area contributed by atoms with Crippen LogP contribution < -0.4 is 5.32 Å². The molecule has 116 valence electrons. The van der Waals surface area contributed by atoms with Crippen molar-refractivity contribution in [3.05, 3.63) is 58.9 Å². The molecule has 0 radical (unpaired) electrons. The number of halogens is 1. The number of carbonyl (C=O) groups is 1. The molecule has 0 saturated heterocycles. The third kappa shape index (κ3) is 2.89. The summed E-state index contributed by atoms with van der Waals surface area (Å²) in [6, 6.07) is 11.9. The Morgan fingerprint density at radius 2 is 2.05 bits per heavy atom. The Morgan fingerprint density at radius 1 is 1.27 bits per heavy atom. The summed E-state index contributed by atoms with van der Waals surface area (Å²) in [6.45, 7) is 5.07. The molecule has 22 heavy (non-hydrogen) atoms. The van der Waals surface area contributed by atoms with Gasteiger partial charge in [-0.3, -0.25) is 4.79 Å². The fraction of sp³-hybridized carbons (Fsp3) is 0.353. The molecule has 1 atom stereocenters. The third-order valence-electron chi connectivity index (χ3n) is 4.15. The van der Waals surface area contributed by atoms with E-state index in [2.05, 4.69) is 23.8 Å². The molecular formula is C17H21ClN3O+. The van der Waals surface area contributed by atoms with Crippen molar-refractivity contribution in [2.24, 2.45) is 0 Å². The zero-order valence-electron chi connectivity index (χ0n) is 12.7. The van der Waals surface area contributed by atoms with E-state index in [-0.39, 0.29) is 11.9 Å². The number of carbonyl (C=O) groups excluding carboxylic acids is 1. The van der Waals surface area contributed by atoms with Crippen LogP contribution in [0.5, 0.6) is 0 Å². The molecule has 2 N–H and O–H groups in total. The number of hydrogen-bond donors (Lipinski definition) is 1. The molecule has 0 spiro atoms. The van der Waals surface area contributed by atoms with Gasteiger partial charge in [-0.15, -0.1) is 0 Å². The van der Waals surface area contributed by atoms with Gasteiger partial charge in [0, 0.05) is 30.0 Å². The van der Waals surface area contributed by atoms with Crippen molar-refractivity contribution in [3.8, 4) is 0 Å². The van der Waals surface area contributed by atoms with Crippen LogP contribution >= 0.6 is 11.6 Å². The summed E-state index contributed by atoms with van der Waals surface area (Å²) in [7, 11) is 0. The normalized spacial score (nSPS) is 17.4. The SMILES string of the molecule is CC[NH2+]CC(=O)N1CCn2cccc2[C@H]1c1ccc(Cl)cc1. The molecule has 0 unspecified atom stereocenters. The predicted molar refractivity (Wildman–Crippen MR) is 86.8 cm³/mol. The molecule has 1 amide bonds. The van der Waals surface area contributed by atoms with E-state index in [1.807, 2.05) is 40.5 Å². The standard InChI is InChI=1S/C17H20ClN3O/c1-2-19-12-16(22)21-11-10-20-9-3-4-15(20)17(21)13-5-7-14(18)8-6-13/h3-9,17,19H,2,10-12H2,1H3/p+1/t17-/m1/s1. The molecule has 4 nitrogen and oxygen atoms in total. The maximum atomic E-state index is 12.6. The Balaban J connectivity index is 1.95. The van der Waals surface area contributed by atoms with Crippen molar-refractivity contribution in [2.45, 2.75) is 19.5 Å². The molecule has 1 aliphatic heterocycles. The number of likely N-dealkylation sites (N-methyl/N-ethyl adjacent to an activating group) is 1. The van der Waals surface area contributed by atoms with Crippen LogP contribution in [-0.2, 0) is 11.3 Å². The Kier molecular flexibility index (Phi) is 4.50.